The predicted octanol–water partition coefficient (Wildman–Crippen LogP) is 4.26. The molecule has 0 atom stereocenters. The van der Waals surface area contributed by atoms with Gasteiger partial charge in [-0.2, -0.15) is 0 Å². The SMILES string of the molecule is Cc1cc(C)nc(Oc2ccc(NC(=O)c3cc([N+](=O)[O-])c(C)c([N+](=O)[O-])c3)cc2)n1. The van der Waals surface area contributed by atoms with Crippen molar-refractivity contribution in [2.75, 3.05) is 5.32 Å². The van der Waals surface area contributed by atoms with Gasteiger partial charge in [-0.1, -0.05) is 0 Å². The first-order valence-electron chi connectivity index (χ1n) is 8.99. The van der Waals surface area contributed by atoms with Crippen LogP contribution in [0, 0.1) is 41.0 Å². The molecular weight excluding hydrogens is 406 g/mol. The second kappa shape index (κ2) is 8.53. The predicted molar refractivity (Wildman–Crippen MR) is 110 cm³/mol. The van der Waals surface area contributed by atoms with Gasteiger partial charge in [-0.25, -0.2) is 9.97 Å². The van der Waals surface area contributed by atoms with Crippen LogP contribution < -0.4 is 10.1 Å². The Morgan fingerprint density at radius 3 is 1.90 bits per heavy atom. The van der Waals surface area contributed by atoms with Crippen LogP contribution >= 0.6 is 0 Å². The third kappa shape index (κ3) is 4.96. The van der Waals surface area contributed by atoms with Crippen molar-refractivity contribution in [3.8, 4) is 11.8 Å². The fourth-order valence-corrected chi connectivity index (χ4v) is 2.85. The lowest BCUT2D eigenvalue weighted by Gasteiger charge is -2.09. The minimum atomic E-state index is -0.764. The molecule has 0 aliphatic heterocycles. The number of rotatable bonds is 6. The number of hydrogen-bond acceptors (Lipinski definition) is 8. The molecule has 1 amide bonds. The molecule has 1 heterocycles. The number of anilines is 1. The summed E-state index contributed by atoms with van der Waals surface area (Å²) in [6.07, 6.45) is 0. The summed E-state index contributed by atoms with van der Waals surface area (Å²) in [7, 11) is 0. The van der Waals surface area contributed by atoms with Crippen molar-refractivity contribution in [3.63, 3.8) is 0 Å². The molecule has 0 bridgehead atoms. The maximum atomic E-state index is 12.5. The summed E-state index contributed by atoms with van der Waals surface area (Å²) in [5, 5.41) is 24.9. The lowest BCUT2D eigenvalue weighted by atomic mass is 10.1. The molecule has 1 N–H and O–H groups in total. The van der Waals surface area contributed by atoms with Crippen molar-refractivity contribution in [3.05, 3.63) is 85.2 Å². The number of nitro groups is 2. The van der Waals surface area contributed by atoms with Crippen molar-refractivity contribution in [1.29, 1.82) is 0 Å². The van der Waals surface area contributed by atoms with E-state index in [1.807, 2.05) is 19.9 Å². The minimum absolute atomic E-state index is 0.123. The van der Waals surface area contributed by atoms with E-state index >= 15 is 0 Å². The van der Waals surface area contributed by atoms with E-state index in [9.17, 15) is 25.0 Å². The van der Waals surface area contributed by atoms with Crippen LogP contribution in [0.2, 0.25) is 0 Å². The van der Waals surface area contributed by atoms with Crippen molar-refractivity contribution in [2.24, 2.45) is 0 Å². The molecule has 0 fully saturated rings. The molecule has 1 aromatic heterocycles. The summed E-state index contributed by atoms with van der Waals surface area (Å²) in [5.74, 6) is -0.290. The number of hydrogen-bond donors (Lipinski definition) is 1. The molecule has 0 radical (unpaired) electrons. The Kier molecular flexibility index (Phi) is 5.86. The number of carbonyl (C=O) groups is 1. The Bertz CT molecular complexity index is 1140. The summed E-state index contributed by atoms with van der Waals surface area (Å²) >= 11 is 0. The number of ether oxygens (including phenoxy) is 1. The number of nitro benzene ring substituents is 2. The summed E-state index contributed by atoms with van der Waals surface area (Å²) in [5.41, 5.74) is 0.549. The second-order valence-corrected chi connectivity index (χ2v) is 6.67. The third-order valence-electron chi connectivity index (χ3n) is 4.29. The van der Waals surface area contributed by atoms with Gasteiger partial charge >= 0.3 is 6.01 Å². The summed E-state index contributed by atoms with van der Waals surface area (Å²) in [4.78, 5) is 41.7. The maximum Gasteiger partial charge on any atom is 0.322 e. The fourth-order valence-electron chi connectivity index (χ4n) is 2.85. The zero-order valence-electron chi connectivity index (χ0n) is 16.8. The fraction of sp³-hybridized carbons (Fsp3) is 0.150. The largest absolute Gasteiger partial charge is 0.424 e. The van der Waals surface area contributed by atoms with Crippen LogP contribution in [0.4, 0.5) is 17.1 Å². The Hall–Kier alpha value is -4.41. The third-order valence-corrected chi connectivity index (χ3v) is 4.29. The van der Waals surface area contributed by atoms with Crippen LogP contribution in [0.1, 0.15) is 27.3 Å². The molecule has 158 valence electrons. The van der Waals surface area contributed by atoms with E-state index in [4.69, 9.17) is 4.74 Å². The van der Waals surface area contributed by atoms with E-state index < -0.39 is 27.1 Å². The molecule has 31 heavy (non-hydrogen) atoms. The monoisotopic (exact) mass is 423 g/mol. The lowest BCUT2D eigenvalue weighted by molar-refractivity contribution is -0.395. The number of nitrogens with zero attached hydrogens (tertiary/aromatic N) is 4. The Balaban J connectivity index is 1.79. The molecule has 2 aromatic carbocycles. The highest BCUT2D eigenvalue weighted by Crippen LogP contribution is 2.30. The lowest BCUT2D eigenvalue weighted by Crippen LogP contribution is -2.13. The van der Waals surface area contributed by atoms with Gasteiger partial charge in [0.05, 0.1) is 15.4 Å². The van der Waals surface area contributed by atoms with Crippen LogP contribution in [-0.4, -0.2) is 25.7 Å². The van der Waals surface area contributed by atoms with Crippen LogP contribution in [0.25, 0.3) is 0 Å². The average Bonchev–Trinajstić information content (AvgIpc) is 2.68. The summed E-state index contributed by atoms with van der Waals surface area (Å²) in [6.45, 7) is 4.90. The topological polar surface area (TPSA) is 150 Å². The molecule has 0 aliphatic carbocycles. The van der Waals surface area contributed by atoms with Gasteiger partial charge in [0.15, 0.2) is 0 Å². The zero-order valence-corrected chi connectivity index (χ0v) is 16.8. The maximum absolute atomic E-state index is 12.5. The number of amides is 1. The zero-order chi connectivity index (χ0) is 22.7. The summed E-state index contributed by atoms with van der Waals surface area (Å²) in [6, 6.07) is 10.3. The molecule has 0 aliphatic rings. The van der Waals surface area contributed by atoms with Crippen molar-refractivity contribution in [1.82, 2.24) is 9.97 Å². The van der Waals surface area contributed by atoms with Crippen LogP contribution in [0.5, 0.6) is 11.8 Å². The van der Waals surface area contributed by atoms with Crippen molar-refractivity contribution < 1.29 is 19.4 Å². The van der Waals surface area contributed by atoms with Gasteiger partial charge in [0.1, 0.15) is 11.3 Å². The first-order valence-corrected chi connectivity index (χ1v) is 8.99. The molecule has 0 unspecified atom stereocenters. The molecule has 0 saturated carbocycles. The average molecular weight is 423 g/mol. The van der Waals surface area contributed by atoms with Crippen molar-refractivity contribution in [2.45, 2.75) is 20.8 Å². The first-order chi connectivity index (χ1) is 14.6. The molecule has 0 spiro atoms. The molecule has 11 heteroatoms. The van der Waals surface area contributed by atoms with E-state index in [1.54, 1.807) is 24.3 Å². The normalized spacial score (nSPS) is 10.4. The smallest absolute Gasteiger partial charge is 0.322 e. The standard InChI is InChI=1S/C20H17N5O6/c1-11-8-12(2)22-20(21-11)31-16-6-4-15(5-7-16)23-19(26)14-9-17(24(27)28)13(3)18(10-14)25(29)30/h4-10H,1-3H3,(H,23,26). The van der Waals surface area contributed by atoms with Gasteiger partial charge in [-0.05, 0) is 51.1 Å². The van der Waals surface area contributed by atoms with Gasteiger partial charge in [0, 0.05) is 29.2 Å². The Morgan fingerprint density at radius 2 is 1.42 bits per heavy atom. The van der Waals surface area contributed by atoms with Gasteiger partial charge < -0.3 is 10.1 Å². The molecule has 3 rings (SSSR count). The minimum Gasteiger partial charge on any atom is -0.424 e. The van der Waals surface area contributed by atoms with Gasteiger partial charge in [-0.15, -0.1) is 0 Å². The van der Waals surface area contributed by atoms with Gasteiger partial charge in [0.2, 0.25) is 0 Å². The highest BCUT2D eigenvalue weighted by atomic mass is 16.6. The number of carbonyl (C=O) groups excluding carboxylic acids is 1. The first kappa shape index (κ1) is 21.3. The summed E-state index contributed by atoms with van der Waals surface area (Å²) < 4.78 is 5.60. The quantitative estimate of drug-likeness (QED) is 0.456. The highest BCUT2D eigenvalue weighted by molar-refractivity contribution is 6.05. The Labute approximate surface area is 176 Å². The molecule has 3 aromatic rings. The Morgan fingerprint density at radius 1 is 0.903 bits per heavy atom. The van der Waals surface area contributed by atoms with E-state index in [0.717, 1.165) is 23.5 Å². The number of benzene rings is 2. The number of aromatic nitrogens is 2. The van der Waals surface area contributed by atoms with Crippen LogP contribution in [-0.2, 0) is 0 Å². The van der Waals surface area contributed by atoms with Crippen molar-refractivity contribution >= 4 is 23.0 Å². The van der Waals surface area contributed by atoms with E-state index in [-0.39, 0.29) is 17.1 Å². The molecule has 0 saturated heterocycles. The van der Waals surface area contributed by atoms with Crippen LogP contribution in [0.3, 0.4) is 0 Å². The van der Waals surface area contributed by atoms with E-state index in [2.05, 4.69) is 15.3 Å². The molecule has 11 nitrogen and oxygen atoms in total. The molecular formula is C20H17N5O6. The van der Waals surface area contributed by atoms with E-state index in [1.165, 1.54) is 6.92 Å². The van der Waals surface area contributed by atoms with Gasteiger partial charge in [0.25, 0.3) is 17.3 Å². The number of nitrogens with one attached hydrogen (secondary N) is 1. The highest BCUT2D eigenvalue weighted by Gasteiger charge is 2.25. The number of aryl methyl sites for hydroxylation is 2. The van der Waals surface area contributed by atoms with E-state index in [0.29, 0.717) is 11.4 Å². The van der Waals surface area contributed by atoms with Crippen LogP contribution in [0.15, 0.2) is 42.5 Å². The van der Waals surface area contributed by atoms with Gasteiger partial charge in [-0.3, -0.25) is 25.0 Å². The second-order valence-electron chi connectivity index (χ2n) is 6.67.